The molecule has 0 bridgehead atoms. The number of carbonyl (C=O) groups excluding carboxylic acids is 1. The molecule has 1 fully saturated rings. The number of hydrogen-bond donors (Lipinski definition) is 1. The van der Waals surface area contributed by atoms with Gasteiger partial charge in [-0.1, -0.05) is 0 Å². The molecule has 2 rings (SSSR count). The van der Waals surface area contributed by atoms with Crippen LogP contribution in [-0.4, -0.2) is 48.2 Å². The average Bonchev–Trinajstić information content (AvgIpc) is 2.47. The van der Waals surface area contributed by atoms with Crippen LogP contribution in [0.5, 0.6) is 0 Å². The van der Waals surface area contributed by atoms with Gasteiger partial charge in [-0.2, -0.15) is 0 Å². The maximum atomic E-state index is 12.5. The number of ether oxygens (including phenoxy) is 1. The number of morpholine rings is 1. The first-order chi connectivity index (χ1) is 7.82. The van der Waals surface area contributed by atoms with Crippen molar-refractivity contribution in [2.45, 2.75) is 38.8 Å². The highest BCUT2D eigenvalue weighted by Crippen LogP contribution is 2.24. The molecule has 0 aromatic carbocycles. The summed E-state index contributed by atoms with van der Waals surface area (Å²) in [7, 11) is 0. The Morgan fingerprint density at radius 3 is 2.35 bits per heavy atom. The van der Waals surface area contributed by atoms with E-state index in [9.17, 15) is 4.79 Å². The number of nitrogens with two attached hydrogens (primary N) is 1. The van der Waals surface area contributed by atoms with Crippen molar-refractivity contribution in [3.8, 4) is 0 Å². The number of quaternary nitrogens is 1. The van der Waals surface area contributed by atoms with E-state index in [1.807, 2.05) is 4.90 Å². The molecule has 2 N–H and O–H groups in total. The van der Waals surface area contributed by atoms with Crippen LogP contribution in [0.4, 0.5) is 0 Å². The van der Waals surface area contributed by atoms with Crippen LogP contribution in [0.1, 0.15) is 27.7 Å². The summed E-state index contributed by atoms with van der Waals surface area (Å²) in [6, 6.07) is 0. The molecule has 4 heteroatoms. The van der Waals surface area contributed by atoms with Gasteiger partial charge in [0.05, 0.1) is 18.8 Å². The van der Waals surface area contributed by atoms with E-state index in [4.69, 9.17) is 4.74 Å². The molecule has 0 saturated carbocycles. The summed E-state index contributed by atoms with van der Waals surface area (Å²) in [4.78, 5) is 14.4. The molecule has 1 saturated heterocycles. The average molecular weight is 239 g/mol. The van der Waals surface area contributed by atoms with E-state index >= 15 is 0 Å². The topological polar surface area (TPSA) is 46.2 Å². The van der Waals surface area contributed by atoms with Crippen molar-refractivity contribution < 1.29 is 14.8 Å². The molecule has 2 aliphatic rings. The van der Waals surface area contributed by atoms with Crippen molar-refractivity contribution in [2.24, 2.45) is 0 Å². The van der Waals surface area contributed by atoms with Crippen molar-refractivity contribution in [3.05, 3.63) is 11.6 Å². The SMILES string of the molecule is CC1(C)C=C(C(=O)N2CCOCC2)C(C)(C)[NH2+]1. The van der Waals surface area contributed by atoms with Crippen molar-refractivity contribution in [3.63, 3.8) is 0 Å². The van der Waals surface area contributed by atoms with Gasteiger partial charge in [-0.15, -0.1) is 0 Å². The minimum atomic E-state index is -0.126. The number of carbonyl (C=O) groups is 1. The lowest BCUT2D eigenvalue weighted by Crippen LogP contribution is -3.01. The minimum Gasteiger partial charge on any atom is -0.378 e. The summed E-state index contributed by atoms with van der Waals surface area (Å²) in [6.45, 7) is 11.3. The predicted molar refractivity (Wildman–Crippen MR) is 65.6 cm³/mol. The van der Waals surface area contributed by atoms with Crippen molar-refractivity contribution in [1.82, 2.24) is 4.90 Å². The molecular weight excluding hydrogens is 216 g/mol. The Hall–Kier alpha value is -0.870. The molecule has 96 valence electrons. The van der Waals surface area contributed by atoms with Crippen LogP contribution in [0.15, 0.2) is 11.6 Å². The summed E-state index contributed by atoms with van der Waals surface area (Å²) >= 11 is 0. The van der Waals surface area contributed by atoms with E-state index in [2.05, 4.69) is 39.1 Å². The molecule has 0 atom stereocenters. The fourth-order valence-corrected chi connectivity index (χ4v) is 2.88. The second-order valence-corrected chi connectivity index (χ2v) is 6.15. The zero-order chi connectivity index (χ0) is 12.7. The van der Waals surface area contributed by atoms with Gasteiger partial charge in [0.25, 0.3) is 5.91 Å². The third kappa shape index (κ3) is 2.53. The maximum absolute atomic E-state index is 12.5. The van der Waals surface area contributed by atoms with Gasteiger partial charge >= 0.3 is 0 Å². The van der Waals surface area contributed by atoms with E-state index in [1.165, 1.54) is 0 Å². The number of amides is 1. The van der Waals surface area contributed by atoms with Gasteiger partial charge in [-0.05, 0) is 33.8 Å². The van der Waals surface area contributed by atoms with Gasteiger partial charge in [0.2, 0.25) is 0 Å². The fraction of sp³-hybridized carbons (Fsp3) is 0.769. The summed E-state index contributed by atoms with van der Waals surface area (Å²) in [6.07, 6.45) is 2.12. The van der Waals surface area contributed by atoms with Gasteiger partial charge in [0.1, 0.15) is 11.1 Å². The van der Waals surface area contributed by atoms with E-state index in [0.717, 1.165) is 5.57 Å². The summed E-state index contributed by atoms with van der Waals surface area (Å²) in [5.74, 6) is 0.181. The molecule has 17 heavy (non-hydrogen) atoms. The molecule has 0 unspecified atom stereocenters. The lowest BCUT2D eigenvalue weighted by molar-refractivity contribution is -0.750. The Morgan fingerprint density at radius 2 is 1.88 bits per heavy atom. The normalized spacial score (nSPS) is 26.8. The van der Waals surface area contributed by atoms with Gasteiger partial charge in [-0.3, -0.25) is 4.79 Å². The first-order valence-corrected chi connectivity index (χ1v) is 6.29. The lowest BCUT2D eigenvalue weighted by atomic mass is 9.95. The van der Waals surface area contributed by atoms with Crippen LogP contribution in [0.3, 0.4) is 0 Å². The molecule has 2 aliphatic heterocycles. The monoisotopic (exact) mass is 239 g/mol. The summed E-state index contributed by atoms with van der Waals surface area (Å²) in [5, 5.41) is 2.26. The van der Waals surface area contributed by atoms with Gasteiger partial charge in [0, 0.05) is 13.1 Å². The molecular formula is C13H23N2O2+. The summed E-state index contributed by atoms with van der Waals surface area (Å²) in [5.41, 5.74) is 0.823. The Morgan fingerprint density at radius 1 is 1.29 bits per heavy atom. The third-order valence-electron chi connectivity index (χ3n) is 3.47. The Kier molecular flexibility index (Phi) is 3.04. The lowest BCUT2D eigenvalue weighted by Gasteiger charge is -2.30. The molecule has 0 spiro atoms. The molecule has 1 amide bonds. The minimum absolute atomic E-state index is 0.0147. The zero-order valence-corrected chi connectivity index (χ0v) is 11.2. The zero-order valence-electron chi connectivity index (χ0n) is 11.2. The third-order valence-corrected chi connectivity index (χ3v) is 3.47. The van der Waals surface area contributed by atoms with Crippen LogP contribution in [0, 0.1) is 0 Å². The van der Waals surface area contributed by atoms with Crippen LogP contribution in [0.25, 0.3) is 0 Å². The Bertz CT molecular complexity index is 352. The quantitative estimate of drug-likeness (QED) is 0.695. The maximum Gasteiger partial charge on any atom is 0.256 e. The highest BCUT2D eigenvalue weighted by molar-refractivity contribution is 5.95. The van der Waals surface area contributed by atoms with E-state index in [0.29, 0.717) is 26.3 Å². The van der Waals surface area contributed by atoms with Gasteiger partial charge < -0.3 is 15.0 Å². The second-order valence-electron chi connectivity index (χ2n) is 6.15. The molecule has 2 heterocycles. The van der Waals surface area contributed by atoms with Gasteiger partial charge in [-0.25, -0.2) is 0 Å². The highest BCUT2D eigenvalue weighted by atomic mass is 16.5. The summed E-state index contributed by atoms with van der Waals surface area (Å²) < 4.78 is 5.28. The van der Waals surface area contributed by atoms with Crippen molar-refractivity contribution >= 4 is 5.91 Å². The van der Waals surface area contributed by atoms with E-state index < -0.39 is 0 Å². The highest BCUT2D eigenvalue weighted by Gasteiger charge is 2.45. The molecule has 0 aromatic rings. The fourth-order valence-electron chi connectivity index (χ4n) is 2.88. The van der Waals surface area contributed by atoms with E-state index in [-0.39, 0.29) is 17.0 Å². The molecule has 0 aliphatic carbocycles. The molecule has 0 aromatic heterocycles. The molecule has 0 radical (unpaired) electrons. The number of rotatable bonds is 1. The first-order valence-electron chi connectivity index (χ1n) is 6.29. The second kappa shape index (κ2) is 4.10. The first kappa shape index (κ1) is 12.6. The van der Waals surface area contributed by atoms with Gasteiger partial charge in [0.15, 0.2) is 0 Å². The van der Waals surface area contributed by atoms with Crippen molar-refractivity contribution in [2.75, 3.05) is 26.3 Å². The van der Waals surface area contributed by atoms with E-state index in [1.54, 1.807) is 0 Å². The largest absolute Gasteiger partial charge is 0.378 e. The number of nitrogens with zero attached hydrogens (tertiary/aromatic N) is 1. The van der Waals surface area contributed by atoms with Crippen LogP contribution in [-0.2, 0) is 9.53 Å². The smallest absolute Gasteiger partial charge is 0.256 e. The van der Waals surface area contributed by atoms with Crippen LogP contribution < -0.4 is 5.32 Å². The molecule has 4 nitrogen and oxygen atoms in total. The Labute approximate surface area is 103 Å². The predicted octanol–water partition coefficient (Wildman–Crippen LogP) is -0.0942. The Balaban J connectivity index is 2.18. The number of hydrogen-bond acceptors (Lipinski definition) is 2. The van der Waals surface area contributed by atoms with Crippen molar-refractivity contribution in [1.29, 1.82) is 0 Å². The standard InChI is InChI=1S/C13H22N2O2/c1-12(2)9-10(13(3,4)14-12)11(16)15-5-7-17-8-6-15/h9,14H,5-8H2,1-4H3/p+1. The van der Waals surface area contributed by atoms with Crippen LogP contribution in [0.2, 0.25) is 0 Å². The van der Waals surface area contributed by atoms with Crippen LogP contribution >= 0.6 is 0 Å².